The number of hydrogen-bond donors (Lipinski definition) is 0. The summed E-state index contributed by atoms with van der Waals surface area (Å²) in [5.74, 6) is 0. The molecular formula is C29H18N2. The second kappa shape index (κ2) is 5.41. The second-order valence-corrected chi connectivity index (χ2v) is 8.84. The minimum absolute atomic E-state index is 1.01. The molecule has 2 heteroatoms. The summed E-state index contributed by atoms with van der Waals surface area (Å²) in [6.07, 6.45) is 6.04. The SMILES string of the molecule is c1ccc2c(c1)Cc1cc3c(cc1-2)-c1c(ccc2c1c1ccccc1n1ccnc21)C3. The van der Waals surface area contributed by atoms with Crippen molar-refractivity contribution in [1.82, 2.24) is 9.38 Å². The van der Waals surface area contributed by atoms with Gasteiger partial charge in [0.05, 0.1) is 5.52 Å². The summed E-state index contributed by atoms with van der Waals surface area (Å²) in [6.45, 7) is 0. The average Bonchev–Trinajstić information content (AvgIpc) is 3.52. The Morgan fingerprint density at radius 1 is 0.645 bits per heavy atom. The van der Waals surface area contributed by atoms with Crippen LogP contribution in [0.5, 0.6) is 0 Å². The van der Waals surface area contributed by atoms with Gasteiger partial charge in [0.1, 0.15) is 5.65 Å². The summed E-state index contributed by atoms with van der Waals surface area (Å²) in [5, 5.41) is 3.88. The van der Waals surface area contributed by atoms with Gasteiger partial charge in [-0.3, -0.25) is 4.40 Å². The third kappa shape index (κ3) is 1.91. The number of fused-ring (bicyclic) bond motifs is 13. The topological polar surface area (TPSA) is 17.3 Å². The number of rotatable bonds is 0. The Labute approximate surface area is 179 Å². The van der Waals surface area contributed by atoms with E-state index in [0.717, 1.165) is 18.5 Å². The highest BCUT2D eigenvalue weighted by Gasteiger charge is 2.27. The van der Waals surface area contributed by atoms with E-state index < -0.39 is 0 Å². The maximum Gasteiger partial charge on any atom is 0.145 e. The lowest BCUT2D eigenvalue weighted by Gasteiger charge is -2.13. The Balaban J connectivity index is 1.54. The molecule has 0 saturated heterocycles. The average molecular weight is 394 g/mol. The third-order valence-electron chi connectivity index (χ3n) is 7.27. The molecule has 0 unspecified atom stereocenters. The van der Waals surface area contributed by atoms with E-state index in [1.807, 2.05) is 6.20 Å². The zero-order valence-electron chi connectivity index (χ0n) is 16.9. The fraction of sp³-hybridized carbons (Fsp3) is 0.0690. The molecule has 2 heterocycles. The number of hydrogen-bond acceptors (Lipinski definition) is 1. The molecule has 0 atom stereocenters. The van der Waals surface area contributed by atoms with Crippen LogP contribution in [-0.4, -0.2) is 9.38 Å². The molecule has 2 aliphatic carbocycles. The maximum absolute atomic E-state index is 4.73. The van der Waals surface area contributed by atoms with E-state index in [1.165, 1.54) is 66.2 Å². The lowest BCUT2D eigenvalue weighted by atomic mass is 9.93. The zero-order valence-corrected chi connectivity index (χ0v) is 16.9. The standard InChI is InChI=1S/C29H18N2/c1-2-6-21-17(5-1)13-19-15-20-14-18-9-10-23-28(27(18)25(20)16-24(19)21)22-7-3-4-8-26(22)31-12-11-30-29(23)31/h1-12,15-16H,13-14H2. The van der Waals surface area contributed by atoms with Crippen molar-refractivity contribution in [3.63, 3.8) is 0 Å². The molecule has 2 aliphatic rings. The van der Waals surface area contributed by atoms with E-state index in [-0.39, 0.29) is 0 Å². The summed E-state index contributed by atoms with van der Waals surface area (Å²) >= 11 is 0. The van der Waals surface area contributed by atoms with Gasteiger partial charge in [0, 0.05) is 28.6 Å². The first-order valence-electron chi connectivity index (χ1n) is 10.9. The van der Waals surface area contributed by atoms with Crippen molar-refractivity contribution in [1.29, 1.82) is 0 Å². The Hall–Kier alpha value is -3.91. The van der Waals surface area contributed by atoms with Gasteiger partial charge in [-0.15, -0.1) is 0 Å². The molecule has 0 radical (unpaired) electrons. The molecule has 0 spiro atoms. The predicted molar refractivity (Wildman–Crippen MR) is 127 cm³/mol. The maximum atomic E-state index is 4.73. The molecule has 2 nitrogen and oxygen atoms in total. The molecule has 8 rings (SSSR count). The minimum atomic E-state index is 1.01. The van der Waals surface area contributed by atoms with Gasteiger partial charge in [0.2, 0.25) is 0 Å². The van der Waals surface area contributed by atoms with Crippen LogP contribution in [0.2, 0.25) is 0 Å². The van der Waals surface area contributed by atoms with Crippen molar-refractivity contribution in [3.8, 4) is 22.3 Å². The van der Waals surface area contributed by atoms with E-state index in [0.29, 0.717) is 0 Å². The Morgan fingerprint density at radius 3 is 2.48 bits per heavy atom. The molecule has 0 saturated carbocycles. The Kier molecular flexibility index (Phi) is 2.77. The molecule has 0 N–H and O–H groups in total. The van der Waals surface area contributed by atoms with Gasteiger partial charge in [-0.2, -0.15) is 0 Å². The lowest BCUT2D eigenvalue weighted by molar-refractivity contribution is 1.21. The summed E-state index contributed by atoms with van der Waals surface area (Å²) in [4.78, 5) is 4.73. The number of para-hydroxylation sites is 1. The number of aromatic nitrogens is 2. The Bertz CT molecular complexity index is 1740. The predicted octanol–water partition coefficient (Wildman–Crippen LogP) is 6.78. The van der Waals surface area contributed by atoms with Crippen molar-refractivity contribution < 1.29 is 0 Å². The first kappa shape index (κ1) is 15.9. The molecule has 0 fully saturated rings. The zero-order chi connectivity index (χ0) is 20.1. The van der Waals surface area contributed by atoms with Crippen LogP contribution in [0, 0.1) is 0 Å². The number of nitrogens with zero attached hydrogens (tertiary/aromatic N) is 2. The second-order valence-electron chi connectivity index (χ2n) is 8.84. The first-order valence-corrected chi connectivity index (χ1v) is 10.9. The highest BCUT2D eigenvalue weighted by Crippen LogP contribution is 2.48. The molecule has 0 amide bonds. The van der Waals surface area contributed by atoms with Crippen LogP contribution in [0.4, 0.5) is 0 Å². The molecule has 0 bridgehead atoms. The number of pyridine rings is 1. The first-order chi connectivity index (χ1) is 15.4. The molecular weight excluding hydrogens is 376 g/mol. The van der Waals surface area contributed by atoms with Gasteiger partial charge in [0.25, 0.3) is 0 Å². The van der Waals surface area contributed by atoms with Crippen molar-refractivity contribution in [2.45, 2.75) is 12.8 Å². The summed E-state index contributed by atoms with van der Waals surface area (Å²) < 4.78 is 2.22. The molecule has 31 heavy (non-hydrogen) atoms. The fourth-order valence-corrected chi connectivity index (χ4v) is 5.98. The minimum Gasteiger partial charge on any atom is -0.299 e. The van der Waals surface area contributed by atoms with E-state index in [4.69, 9.17) is 4.98 Å². The van der Waals surface area contributed by atoms with Crippen LogP contribution in [0.1, 0.15) is 22.3 Å². The van der Waals surface area contributed by atoms with Crippen molar-refractivity contribution in [2.75, 3.05) is 0 Å². The van der Waals surface area contributed by atoms with Crippen LogP contribution < -0.4 is 0 Å². The molecule has 6 aromatic rings. The highest BCUT2D eigenvalue weighted by atomic mass is 15.0. The van der Waals surface area contributed by atoms with E-state index in [1.54, 1.807) is 0 Å². The number of benzene rings is 4. The molecule has 144 valence electrons. The van der Waals surface area contributed by atoms with Crippen LogP contribution in [0.3, 0.4) is 0 Å². The number of imidazole rings is 1. The fourth-order valence-electron chi connectivity index (χ4n) is 5.98. The largest absolute Gasteiger partial charge is 0.299 e. The molecule has 0 aliphatic heterocycles. The lowest BCUT2D eigenvalue weighted by Crippen LogP contribution is -1.93. The van der Waals surface area contributed by atoms with Gasteiger partial charge in [-0.1, -0.05) is 60.7 Å². The van der Waals surface area contributed by atoms with Gasteiger partial charge in [0.15, 0.2) is 0 Å². The molecule has 4 aromatic carbocycles. The summed E-state index contributed by atoms with van der Waals surface area (Å²) in [5.41, 5.74) is 13.7. The van der Waals surface area contributed by atoms with Crippen molar-refractivity contribution in [3.05, 3.63) is 107 Å². The van der Waals surface area contributed by atoms with Crippen molar-refractivity contribution >= 4 is 27.3 Å². The normalized spacial score (nSPS) is 13.5. The van der Waals surface area contributed by atoms with Gasteiger partial charge in [-0.25, -0.2) is 4.98 Å². The van der Waals surface area contributed by atoms with Gasteiger partial charge >= 0.3 is 0 Å². The van der Waals surface area contributed by atoms with E-state index in [2.05, 4.69) is 83.4 Å². The summed E-state index contributed by atoms with van der Waals surface area (Å²) in [6, 6.07) is 27.1. The quantitative estimate of drug-likeness (QED) is 0.259. The third-order valence-corrected chi connectivity index (χ3v) is 7.27. The highest BCUT2D eigenvalue weighted by molar-refractivity contribution is 6.19. The van der Waals surface area contributed by atoms with Gasteiger partial charge in [-0.05, 0) is 69.5 Å². The van der Waals surface area contributed by atoms with Crippen LogP contribution >= 0.6 is 0 Å². The summed E-state index contributed by atoms with van der Waals surface area (Å²) in [7, 11) is 0. The van der Waals surface area contributed by atoms with Crippen LogP contribution in [0.25, 0.3) is 49.6 Å². The van der Waals surface area contributed by atoms with Crippen molar-refractivity contribution in [2.24, 2.45) is 0 Å². The van der Waals surface area contributed by atoms with Crippen LogP contribution in [-0.2, 0) is 12.8 Å². The molecule has 2 aromatic heterocycles. The van der Waals surface area contributed by atoms with Crippen LogP contribution in [0.15, 0.2) is 85.2 Å². The van der Waals surface area contributed by atoms with E-state index in [9.17, 15) is 0 Å². The Morgan fingerprint density at radius 2 is 1.48 bits per heavy atom. The monoisotopic (exact) mass is 394 g/mol. The van der Waals surface area contributed by atoms with Gasteiger partial charge < -0.3 is 0 Å². The smallest absolute Gasteiger partial charge is 0.145 e. The van der Waals surface area contributed by atoms with E-state index >= 15 is 0 Å².